The Hall–Kier alpha value is -1.27. The Bertz CT molecular complexity index is 442. The van der Waals surface area contributed by atoms with Gasteiger partial charge in [0.2, 0.25) is 0 Å². The fraction of sp³-hybridized carbons (Fsp3) is 0.462. The minimum Gasteiger partial charge on any atom is -0.367 e. The van der Waals surface area contributed by atoms with Gasteiger partial charge in [-0.3, -0.25) is 0 Å². The van der Waals surface area contributed by atoms with Crippen LogP contribution in [0.2, 0.25) is 5.02 Å². The molecule has 2 nitrogen and oxygen atoms in total. The Morgan fingerprint density at radius 2 is 2.29 bits per heavy atom. The van der Waals surface area contributed by atoms with E-state index in [2.05, 4.69) is 11.0 Å². The molecule has 0 saturated carbocycles. The minimum atomic E-state index is -0.399. The molecule has 1 aliphatic heterocycles. The summed E-state index contributed by atoms with van der Waals surface area (Å²) in [5.74, 6) is -0.399. The van der Waals surface area contributed by atoms with Gasteiger partial charge in [0.1, 0.15) is 5.82 Å². The molecule has 0 spiro atoms. The zero-order valence-electron chi connectivity index (χ0n) is 9.50. The van der Waals surface area contributed by atoms with Crippen LogP contribution in [0.5, 0.6) is 0 Å². The highest BCUT2D eigenvalue weighted by Crippen LogP contribution is 2.29. The second-order valence-electron chi connectivity index (χ2n) is 4.30. The van der Waals surface area contributed by atoms with Gasteiger partial charge in [-0.15, -0.1) is 0 Å². The average molecular weight is 253 g/mol. The lowest BCUT2D eigenvalue weighted by Crippen LogP contribution is -2.39. The van der Waals surface area contributed by atoms with E-state index in [1.54, 1.807) is 12.1 Å². The fourth-order valence-electron chi connectivity index (χ4n) is 2.32. The first-order valence-electron chi connectivity index (χ1n) is 5.81. The maximum absolute atomic E-state index is 13.1. The van der Waals surface area contributed by atoms with Gasteiger partial charge in [0, 0.05) is 18.3 Å². The number of rotatable bonds is 2. The molecular weight excluding hydrogens is 239 g/mol. The molecule has 1 heterocycles. The van der Waals surface area contributed by atoms with Crippen molar-refractivity contribution in [2.24, 2.45) is 0 Å². The predicted octanol–water partition coefficient (Wildman–Crippen LogP) is 3.75. The van der Waals surface area contributed by atoms with E-state index >= 15 is 0 Å². The summed E-state index contributed by atoms with van der Waals surface area (Å²) in [6.07, 6.45) is 3.78. The molecule has 1 aromatic rings. The zero-order valence-corrected chi connectivity index (χ0v) is 10.3. The molecule has 0 aliphatic carbocycles. The van der Waals surface area contributed by atoms with E-state index in [1.807, 2.05) is 0 Å². The summed E-state index contributed by atoms with van der Waals surface area (Å²) in [6.45, 7) is 0.911. The second-order valence-corrected chi connectivity index (χ2v) is 4.71. The van der Waals surface area contributed by atoms with Gasteiger partial charge in [0.15, 0.2) is 0 Å². The molecule has 0 radical (unpaired) electrons. The first-order valence-corrected chi connectivity index (χ1v) is 6.19. The first kappa shape index (κ1) is 12.2. The van der Waals surface area contributed by atoms with Crippen LogP contribution in [0.25, 0.3) is 0 Å². The van der Waals surface area contributed by atoms with Crippen LogP contribution in [0.15, 0.2) is 18.2 Å². The third-order valence-corrected chi connectivity index (χ3v) is 3.48. The molecule has 4 heteroatoms. The Morgan fingerprint density at radius 1 is 1.47 bits per heavy atom. The molecular formula is C13H14ClFN2. The van der Waals surface area contributed by atoms with Crippen molar-refractivity contribution < 1.29 is 4.39 Å². The molecule has 1 atom stereocenters. The Morgan fingerprint density at radius 3 is 3.00 bits per heavy atom. The predicted molar refractivity (Wildman–Crippen MR) is 66.6 cm³/mol. The Labute approximate surface area is 106 Å². The van der Waals surface area contributed by atoms with Crippen LogP contribution in [-0.2, 0) is 0 Å². The molecule has 1 unspecified atom stereocenters. The maximum atomic E-state index is 13.1. The lowest BCUT2D eigenvalue weighted by Gasteiger charge is -2.36. The number of hydrogen-bond donors (Lipinski definition) is 0. The number of hydrogen-bond acceptors (Lipinski definition) is 2. The first-order chi connectivity index (χ1) is 8.22. The Kier molecular flexibility index (Phi) is 3.86. The highest BCUT2D eigenvalue weighted by atomic mass is 35.5. The highest BCUT2D eigenvalue weighted by molar-refractivity contribution is 6.31. The third-order valence-electron chi connectivity index (χ3n) is 3.19. The van der Waals surface area contributed by atoms with Crippen LogP contribution in [0, 0.1) is 17.1 Å². The van der Waals surface area contributed by atoms with Crippen molar-refractivity contribution in [1.29, 1.82) is 5.26 Å². The number of halogens is 2. The molecule has 0 aromatic heterocycles. The molecule has 2 rings (SSSR count). The van der Waals surface area contributed by atoms with E-state index in [0.717, 1.165) is 31.5 Å². The van der Waals surface area contributed by atoms with Crippen LogP contribution in [0.4, 0.5) is 10.1 Å². The number of piperidine rings is 1. The van der Waals surface area contributed by atoms with Crippen molar-refractivity contribution in [2.45, 2.75) is 31.7 Å². The molecule has 1 saturated heterocycles. The van der Waals surface area contributed by atoms with E-state index in [1.165, 1.54) is 6.07 Å². The summed E-state index contributed by atoms with van der Waals surface area (Å²) < 4.78 is 13.1. The lowest BCUT2D eigenvalue weighted by molar-refractivity contribution is 0.464. The highest BCUT2D eigenvalue weighted by Gasteiger charge is 2.22. The molecule has 17 heavy (non-hydrogen) atoms. The summed E-state index contributed by atoms with van der Waals surface area (Å²) in [5, 5.41) is 8.96. The number of nitriles is 1. The van der Waals surface area contributed by atoms with Gasteiger partial charge >= 0.3 is 0 Å². The molecule has 0 N–H and O–H groups in total. The summed E-state index contributed by atoms with van der Waals surface area (Å²) in [7, 11) is 0. The van der Waals surface area contributed by atoms with Crippen LogP contribution in [0.3, 0.4) is 0 Å². The summed E-state index contributed by atoms with van der Waals surface area (Å²) in [5.41, 5.74) is 0.913. The summed E-state index contributed by atoms with van der Waals surface area (Å²) in [4.78, 5) is 2.16. The quantitative estimate of drug-likeness (QED) is 0.802. The van der Waals surface area contributed by atoms with Crippen molar-refractivity contribution in [2.75, 3.05) is 11.4 Å². The average Bonchev–Trinajstić information content (AvgIpc) is 2.34. The molecule has 1 fully saturated rings. The lowest BCUT2D eigenvalue weighted by atomic mass is 9.99. The van der Waals surface area contributed by atoms with Crippen molar-refractivity contribution >= 4 is 17.3 Å². The van der Waals surface area contributed by atoms with E-state index in [4.69, 9.17) is 16.9 Å². The molecule has 1 aromatic carbocycles. The zero-order chi connectivity index (χ0) is 12.3. The van der Waals surface area contributed by atoms with Gasteiger partial charge in [-0.05, 0) is 37.5 Å². The minimum absolute atomic E-state index is 0.142. The monoisotopic (exact) mass is 252 g/mol. The van der Waals surface area contributed by atoms with Gasteiger partial charge in [0.25, 0.3) is 0 Å². The summed E-state index contributed by atoms with van der Waals surface area (Å²) in [6, 6.07) is 7.21. The van der Waals surface area contributed by atoms with E-state index < -0.39 is 5.82 Å². The van der Waals surface area contributed by atoms with Crippen molar-refractivity contribution in [3.05, 3.63) is 29.0 Å². The van der Waals surface area contributed by atoms with Crippen molar-refractivity contribution in [1.82, 2.24) is 0 Å². The van der Waals surface area contributed by atoms with Gasteiger partial charge in [-0.1, -0.05) is 11.6 Å². The number of benzene rings is 1. The van der Waals surface area contributed by atoms with Crippen molar-refractivity contribution in [3.63, 3.8) is 0 Å². The normalized spacial score (nSPS) is 20.1. The maximum Gasteiger partial charge on any atom is 0.141 e. The van der Waals surface area contributed by atoms with Crippen LogP contribution < -0.4 is 4.90 Å². The second kappa shape index (κ2) is 5.37. The van der Waals surface area contributed by atoms with Crippen LogP contribution in [0.1, 0.15) is 25.7 Å². The smallest absolute Gasteiger partial charge is 0.141 e. The third kappa shape index (κ3) is 2.70. The molecule has 90 valence electrons. The SMILES string of the molecule is N#CCC1CCCCN1c1ccc(F)c(Cl)c1. The molecule has 0 amide bonds. The fourth-order valence-corrected chi connectivity index (χ4v) is 2.50. The van der Waals surface area contributed by atoms with Gasteiger partial charge in [-0.2, -0.15) is 5.26 Å². The standard InChI is InChI=1S/C13H14ClFN2/c14-12-9-11(4-5-13(12)15)17-8-2-1-3-10(17)6-7-16/h4-5,9-10H,1-3,6,8H2. The van der Waals surface area contributed by atoms with Crippen LogP contribution in [-0.4, -0.2) is 12.6 Å². The number of nitrogens with zero attached hydrogens (tertiary/aromatic N) is 2. The van der Waals surface area contributed by atoms with E-state index in [9.17, 15) is 4.39 Å². The van der Waals surface area contributed by atoms with Gasteiger partial charge in [0.05, 0.1) is 17.5 Å². The summed E-state index contributed by atoms with van der Waals surface area (Å²) >= 11 is 5.79. The number of anilines is 1. The van der Waals surface area contributed by atoms with Gasteiger partial charge in [-0.25, -0.2) is 4.39 Å². The van der Waals surface area contributed by atoms with Crippen LogP contribution >= 0.6 is 11.6 Å². The topological polar surface area (TPSA) is 27.0 Å². The van der Waals surface area contributed by atoms with Crippen molar-refractivity contribution in [3.8, 4) is 6.07 Å². The van der Waals surface area contributed by atoms with Gasteiger partial charge < -0.3 is 4.90 Å². The Balaban J connectivity index is 2.23. The largest absolute Gasteiger partial charge is 0.367 e. The molecule has 1 aliphatic rings. The van der Waals surface area contributed by atoms with E-state index in [0.29, 0.717) is 6.42 Å². The van der Waals surface area contributed by atoms with E-state index in [-0.39, 0.29) is 11.1 Å². The molecule has 0 bridgehead atoms.